The highest BCUT2D eigenvalue weighted by molar-refractivity contribution is 9.10. The average Bonchev–Trinajstić information content (AvgIpc) is 2.99. The van der Waals surface area contributed by atoms with Crippen LogP contribution in [0.4, 0.5) is 0 Å². The van der Waals surface area contributed by atoms with E-state index in [9.17, 15) is 0 Å². The second-order valence-corrected chi connectivity index (χ2v) is 6.21. The zero-order valence-electron chi connectivity index (χ0n) is 12.4. The molecule has 5 heteroatoms. The van der Waals surface area contributed by atoms with Crippen LogP contribution in [0.5, 0.6) is 5.75 Å². The van der Waals surface area contributed by atoms with E-state index in [0.29, 0.717) is 6.61 Å². The molecule has 3 rings (SSSR count). The van der Waals surface area contributed by atoms with Crippen LogP contribution in [0.2, 0.25) is 0 Å². The maximum absolute atomic E-state index is 6.12. The third-order valence-electron chi connectivity index (χ3n) is 4.09. The summed E-state index contributed by atoms with van der Waals surface area (Å²) in [5.74, 6) is 0.953. The number of rotatable bonds is 4. The Hall–Kier alpha value is -1.33. The molecule has 0 saturated heterocycles. The minimum absolute atomic E-state index is 0.152. The van der Waals surface area contributed by atoms with E-state index in [1.54, 1.807) is 0 Å². The molecule has 21 heavy (non-hydrogen) atoms. The second-order valence-electron chi connectivity index (χ2n) is 5.42. The normalized spacial score (nSPS) is 17.0. The van der Waals surface area contributed by atoms with E-state index in [2.05, 4.69) is 34.0 Å². The van der Waals surface area contributed by atoms with Crippen molar-refractivity contribution in [1.29, 1.82) is 0 Å². The van der Waals surface area contributed by atoms with Crippen LogP contribution in [0.3, 0.4) is 0 Å². The first-order chi connectivity index (χ1) is 10.1. The van der Waals surface area contributed by atoms with Crippen molar-refractivity contribution in [3.8, 4) is 5.75 Å². The van der Waals surface area contributed by atoms with E-state index >= 15 is 0 Å². The van der Waals surface area contributed by atoms with Crippen molar-refractivity contribution in [2.45, 2.75) is 45.9 Å². The molecule has 2 N–H and O–H groups in total. The summed E-state index contributed by atoms with van der Waals surface area (Å²) >= 11 is 3.60. The van der Waals surface area contributed by atoms with E-state index < -0.39 is 0 Å². The summed E-state index contributed by atoms with van der Waals surface area (Å²) in [5, 5.41) is 4.50. The van der Waals surface area contributed by atoms with Gasteiger partial charge in [-0.3, -0.25) is 4.68 Å². The van der Waals surface area contributed by atoms with Crippen molar-refractivity contribution >= 4 is 15.9 Å². The van der Waals surface area contributed by atoms with Gasteiger partial charge in [0.25, 0.3) is 0 Å². The summed E-state index contributed by atoms with van der Waals surface area (Å²) in [6, 6.07) is 6.32. The Balaban J connectivity index is 1.84. The lowest BCUT2D eigenvalue weighted by atomic mass is 10.1. The molecule has 0 aliphatic heterocycles. The number of nitrogens with zero attached hydrogens (tertiary/aromatic N) is 2. The predicted octanol–water partition coefficient (Wildman–Crippen LogP) is 3.50. The summed E-state index contributed by atoms with van der Waals surface area (Å²) in [7, 11) is 0. The first kappa shape index (κ1) is 14.6. The Morgan fingerprint density at radius 3 is 3.05 bits per heavy atom. The fourth-order valence-electron chi connectivity index (χ4n) is 2.94. The number of hydrogen-bond acceptors (Lipinski definition) is 3. The molecule has 2 aromatic rings. The molecule has 1 aliphatic rings. The number of ether oxygens (including phenoxy) is 1. The molecule has 1 unspecified atom stereocenters. The Bertz CT molecular complexity index is 666. The minimum Gasteiger partial charge on any atom is -0.487 e. The Labute approximate surface area is 133 Å². The van der Waals surface area contributed by atoms with E-state index in [4.69, 9.17) is 10.5 Å². The number of fused-ring (bicyclic) bond motifs is 1. The van der Waals surface area contributed by atoms with Crippen molar-refractivity contribution in [2.24, 2.45) is 5.73 Å². The van der Waals surface area contributed by atoms with Crippen LogP contribution in [-0.2, 0) is 19.6 Å². The number of aromatic nitrogens is 2. The number of benzene rings is 1. The van der Waals surface area contributed by atoms with Gasteiger partial charge >= 0.3 is 0 Å². The molecule has 0 saturated carbocycles. The summed E-state index contributed by atoms with van der Waals surface area (Å²) in [4.78, 5) is 0. The Kier molecular flexibility index (Phi) is 4.04. The van der Waals surface area contributed by atoms with Crippen LogP contribution in [-0.4, -0.2) is 9.78 Å². The second kappa shape index (κ2) is 5.81. The molecule has 0 spiro atoms. The van der Waals surface area contributed by atoms with Gasteiger partial charge in [0.2, 0.25) is 0 Å². The van der Waals surface area contributed by atoms with Gasteiger partial charge in [-0.1, -0.05) is 12.1 Å². The highest BCUT2D eigenvalue weighted by Crippen LogP contribution is 2.36. The molecule has 1 heterocycles. The van der Waals surface area contributed by atoms with Crippen molar-refractivity contribution in [1.82, 2.24) is 9.78 Å². The fraction of sp³-hybridized carbons (Fsp3) is 0.438. The summed E-state index contributed by atoms with van der Waals surface area (Å²) < 4.78 is 9.09. The molecule has 4 nitrogen and oxygen atoms in total. The zero-order valence-corrected chi connectivity index (χ0v) is 14.0. The molecule has 0 fully saturated rings. The maximum Gasteiger partial charge on any atom is 0.131 e. The Morgan fingerprint density at radius 1 is 1.48 bits per heavy atom. The van der Waals surface area contributed by atoms with Gasteiger partial charge in [-0.2, -0.15) is 5.10 Å². The van der Waals surface area contributed by atoms with Gasteiger partial charge in [-0.05, 0) is 59.8 Å². The molecule has 0 bridgehead atoms. The van der Waals surface area contributed by atoms with Gasteiger partial charge in [0.15, 0.2) is 0 Å². The largest absolute Gasteiger partial charge is 0.487 e. The van der Waals surface area contributed by atoms with E-state index in [0.717, 1.165) is 41.0 Å². The third-order valence-corrected chi connectivity index (χ3v) is 5.12. The average molecular weight is 350 g/mol. The van der Waals surface area contributed by atoms with Gasteiger partial charge in [0, 0.05) is 12.6 Å². The molecule has 0 radical (unpaired) electrons. The predicted molar refractivity (Wildman–Crippen MR) is 86.4 cm³/mol. The molecule has 1 atom stereocenters. The molecule has 1 aromatic heterocycles. The minimum atomic E-state index is 0.152. The Morgan fingerprint density at radius 2 is 2.29 bits per heavy atom. The highest BCUT2D eigenvalue weighted by atomic mass is 79.9. The monoisotopic (exact) mass is 349 g/mol. The SMILES string of the molecule is CCn1nc(C)c(Br)c1COc1cccc2c1CCC2N. The first-order valence-corrected chi connectivity index (χ1v) is 8.13. The van der Waals surface area contributed by atoms with Crippen LogP contribution < -0.4 is 10.5 Å². The van der Waals surface area contributed by atoms with Crippen LogP contribution in [0.15, 0.2) is 22.7 Å². The highest BCUT2D eigenvalue weighted by Gasteiger charge is 2.22. The van der Waals surface area contributed by atoms with Crippen LogP contribution in [0, 0.1) is 6.92 Å². The van der Waals surface area contributed by atoms with Crippen molar-refractivity contribution in [3.63, 3.8) is 0 Å². The standard InChI is InChI=1S/C16H20BrN3O/c1-3-20-14(16(17)10(2)19-20)9-21-15-6-4-5-11-12(15)7-8-13(11)18/h4-6,13H,3,7-9,18H2,1-2H3. The van der Waals surface area contributed by atoms with Crippen molar-refractivity contribution < 1.29 is 4.74 Å². The topological polar surface area (TPSA) is 53.1 Å². The lowest BCUT2D eigenvalue weighted by Gasteiger charge is -2.12. The molecular formula is C16H20BrN3O. The molecule has 1 aromatic carbocycles. The summed E-state index contributed by atoms with van der Waals surface area (Å²) in [5.41, 5.74) is 10.7. The smallest absolute Gasteiger partial charge is 0.131 e. The number of halogens is 1. The zero-order chi connectivity index (χ0) is 15.0. The van der Waals surface area contributed by atoms with Crippen LogP contribution in [0.1, 0.15) is 41.9 Å². The van der Waals surface area contributed by atoms with Gasteiger partial charge in [-0.25, -0.2) is 0 Å². The van der Waals surface area contributed by atoms with Gasteiger partial charge in [-0.15, -0.1) is 0 Å². The number of nitrogens with two attached hydrogens (primary N) is 1. The van der Waals surface area contributed by atoms with Gasteiger partial charge in [0.1, 0.15) is 12.4 Å². The molecule has 112 valence electrons. The summed E-state index contributed by atoms with van der Waals surface area (Å²) in [6.45, 7) is 5.43. The molecule has 0 amide bonds. The molecular weight excluding hydrogens is 330 g/mol. The van der Waals surface area contributed by atoms with Gasteiger partial charge < -0.3 is 10.5 Å². The third kappa shape index (κ3) is 2.60. The van der Waals surface area contributed by atoms with Crippen molar-refractivity contribution in [3.05, 3.63) is 45.2 Å². The first-order valence-electron chi connectivity index (χ1n) is 7.33. The molecule has 1 aliphatic carbocycles. The lowest BCUT2D eigenvalue weighted by molar-refractivity contribution is 0.289. The van der Waals surface area contributed by atoms with Crippen LogP contribution >= 0.6 is 15.9 Å². The number of aryl methyl sites for hydroxylation is 2. The fourth-order valence-corrected chi connectivity index (χ4v) is 3.34. The van der Waals surface area contributed by atoms with Gasteiger partial charge in [0.05, 0.1) is 15.9 Å². The van der Waals surface area contributed by atoms with Crippen LogP contribution in [0.25, 0.3) is 0 Å². The quantitative estimate of drug-likeness (QED) is 0.918. The van der Waals surface area contributed by atoms with E-state index in [1.807, 2.05) is 23.7 Å². The lowest BCUT2D eigenvalue weighted by Crippen LogP contribution is -2.08. The van der Waals surface area contributed by atoms with Crippen molar-refractivity contribution in [2.75, 3.05) is 0 Å². The van der Waals surface area contributed by atoms with E-state index in [1.165, 1.54) is 11.1 Å². The summed E-state index contributed by atoms with van der Waals surface area (Å²) in [6.07, 6.45) is 2.01. The van der Waals surface area contributed by atoms with E-state index in [-0.39, 0.29) is 6.04 Å². The maximum atomic E-state index is 6.12. The number of hydrogen-bond donors (Lipinski definition) is 1.